The summed E-state index contributed by atoms with van der Waals surface area (Å²) in [4.78, 5) is 0.288. The summed E-state index contributed by atoms with van der Waals surface area (Å²) in [6, 6.07) is 7.35. The van der Waals surface area contributed by atoms with Gasteiger partial charge < -0.3 is 0 Å². The Morgan fingerprint density at radius 1 is 0.450 bits per heavy atom. The van der Waals surface area contributed by atoms with Crippen LogP contribution >= 0.6 is 0 Å². The Labute approximate surface area is 250 Å². The fourth-order valence-electron chi connectivity index (χ4n) is 5.53. The number of benzene rings is 1. The molecule has 0 amide bonds. The van der Waals surface area contributed by atoms with Crippen LogP contribution < -0.4 is 0 Å². The lowest BCUT2D eigenvalue weighted by Crippen LogP contribution is -2.07. The van der Waals surface area contributed by atoms with Gasteiger partial charge in [0.15, 0.2) is 0 Å². The van der Waals surface area contributed by atoms with Gasteiger partial charge in [-0.15, -0.1) is 0 Å². The topological polar surface area (TPSA) is 43.4 Å². The molecule has 0 aromatic heterocycles. The first kappa shape index (κ1) is 37.2. The summed E-state index contributed by atoms with van der Waals surface area (Å²) in [6.07, 6.45) is 35.3. The molecule has 0 fully saturated rings. The highest BCUT2D eigenvalue weighted by molar-refractivity contribution is 7.86. The van der Waals surface area contributed by atoms with Gasteiger partial charge in [-0.3, -0.25) is 4.18 Å². The largest absolute Gasteiger partial charge is 0.296 e. The summed E-state index contributed by atoms with van der Waals surface area (Å²) in [5, 5.41) is 0. The van der Waals surface area contributed by atoms with Crippen molar-refractivity contribution in [3.8, 4) is 0 Å². The van der Waals surface area contributed by atoms with Gasteiger partial charge in [0, 0.05) is 0 Å². The van der Waals surface area contributed by atoms with Crippen molar-refractivity contribution in [2.45, 2.75) is 192 Å². The molecule has 0 radical (unpaired) electrons. The molecule has 0 N–H and O–H groups in total. The van der Waals surface area contributed by atoms with Crippen LogP contribution in [0.4, 0.5) is 0 Å². The Morgan fingerprint density at radius 3 is 1.15 bits per heavy atom. The number of unbranched alkanes of at least 4 members (excludes halogenated alkanes) is 24. The molecule has 0 aliphatic carbocycles. The zero-order valence-corrected chi connectivity index (χ0v) is 27.6. The second kappa shape index (κ2) is 27.0. The van der Waals surface area contributed by atoms with Crippen LogP contribution in [0.5, 0.6) is 0 Å². The SMILES string of the molecule is CCCCCCCCCCCCCCCCCCOS(=O)(=O)c1ccc(CCCCCCCCCCCC)cc1. The van der Waals surface area contributed by atoms with Crippen LogP contribution in [-0.2, 0) is 20.7 Å². The minimum absolute atomic E-state index is 0.288. The highest BCUT2D eigenvalue weighted by Gasteiger charge is 2.14. The molecule has 0 aliphatic heterocycles. The van der Waals surface area contributed by atoms with Gasteiger partial charge in [0.1, 0.15) is 0 Å². The Balaban J connectivity index is 1.97. The van der Waals surface area contributed by atoms with Crippen LogP contribution in [0.15, 0.2) is 29.2 Å². The Bertz CT molecular complexity index is 757. The van der Waals surface area contributed by atoms with Crippen LogP contribution in [0.2, 0.25) is 0 Å². The molecule has 0 atom stereocenters. The first-order valence-corrected chi connectivity index (χ1v) is 19.0. The average Bonchev–Trinajstić information content (AvgIpc) is 2.96. The van der Waals surface area contributed by atoms with Gasteiger partial charge in [0.25, 0.3) is 10.1 Å². The Hall–Kier alpha value is -0.870. The third-order valence-electron chi connectivity index (χ3n) is 8.27. The van der Waals surface area contributed by atoms with E-state index in [1.807, 2.05) is 12.1 Å². The normalized spacial score (nSPS) is 11.8. The zero-order chi connectivity index (χ0) is 29.0. The molecule has 0 saturated heterocycles. The van der Waals surface area contributed by atoms with Crippen LogP contribution in [-0.4, -0.2) is 15.0 Å². The minimum atomic E-state index is -3.64. The molecular formula is C36H66O3S. The third-order valence-corrected chi connectivity index (χ3v) is 9.59. The van der Waals surface area contributed by atoms with E-state index >= 15 is 0 Å². The Kier molecular flexibility index (Phi) is 25.1. The van der Waals surface area contributed by atoms with E-state index in [1.54, 1.807) is 12.1 Å². The van der Waals surface area contributed by atoms with Crippen LogP contribution in [0.1, 0.15) is 186 Å². The van der Waals surface area contributed by atoms with E-state index in [2.05, 4.69) is 13.8 Å². The highest BCUT2D eigenvalue weighted by Crippen LogP contribution is 2.18. The lowest BCUT2D eigenvalue weighted by atomic mass is 10.0. The van der Waals surface area contributed by atoms with Crippen molar-refractivity contribution in [1.29, 1.82) is 0 Å². The van der Waals surface area contributed by atoms with Gasteiger partial charge in [0.2, 0.25) is 0 Å². The molecule has 1 aromatic rings. The number of hydrogen-bond acceptors (Lipinski definition) is 3. The molecule has 0 bridgehead atoms. The van der Waals surface area contributed by atoms with Gasteiger partial charge in [-0.1, -0.05) is 180 Å². The van der Waals surface area contributed by atoms with Crippen molar-refractivity contribution in [2.75, 3.05) is 6.61 Å². The lowest BCUT2D eigenvalue weighted by molar-refractivity contribution is 0.306. The van der Waals surface area contributed by atoms with E-state index in [0.29, 0.717) is 6.61 Å². The van der Waals surface area contributed by atoms with Crippen molar-refractivity contribution in [1.82, 2.24) is 0 Å². The number of hydrogen-bond donors (Lipinski definition) is 0. The van der Waals surface area contributed by atoms with Crippen molar-refractivity contribution in [3.63, 3.8) is 0 Å². The van der Waals surface area contributed by atoms with Crippen LogP contribution in [0.3, 0.4) is 0 Å². The second-order valence-corrected chi connectivity index (χ2v) is 13.8. The summed E-state index contributed by atoms with van der Waals surface area (Å²) in [5.41, 5.74) is 1.22. The smallest absolute Gasteiger partial charge is 0.266 e. The molecule has 3 nitrogen and oxygen atoms in total. The Morgan fingerprint density at radius 2 is 0.775 bits per heavy atom. The van der Waals surface area contributed by atoms with Crippen LogP contribution in [0, 0.1) is 0 Å². The molecule has 1 aromatic carbocycles. The third kappa shape index (κ3) is 21.8. The van der Waals surface area contributed by atoms with E-state index in [0.717, 1.165) is 19.3 Å². The maximum Gasteiger partial charge on any atom is 0.296 e. The summed E-state index contributed by atoms with van der Waals surface area (Å²) in [6.45, 7) is 4.84. The molecule has 0 aliphatic rings. The minimum Gasteiger partial charge on any atom is -0.266 e. The van der Waals surface area contributed by atoms with E-state index < -0.39 is 10.1 Å². The van der Waals surface area contributed by atoms with Crippen LogP contribution in [0.25, 0.3) is 0 Å². The summed E-state index contributed by atoms with van der Waals surface area (Å²) in [5.74, 6) is 0. The molecule has 0 spiro atoms. The average molecular weight is 579 g/mol. The van der Waals surface area contributed by atoms with Crippen molar-refractivity contribution in [3.05, 3.63) is 29.8 Å². The van der Waals surface area contributed by atoms with Gasteiger partial charge in [-0.25, -0.2) is 0 Å². The molecule has 234 valence electrons. The van der Waals surface area contributed by atoms with Gasteiger partial charge in [-0.2, -0.15) is 8.42 Å². The summed E-state index contributed by atoms with van der Waals surface area (Å²) < 4.78 is 30.4. The summed E-state index contributed by atoms with van der Waals surface area (Å²) >= 11 is 0. The first-order chi connectivity index (χ1) is 19.6. The molecule has 40 heavy (non-hydrogen) atoms. The predicted octanol–water partition coefficient (Wildman–Crippen LogP) is 12.1. The van der Waals surface area contributed by atoms with E-state index in [-0.39, 0.29) is 4.90 Å². The van der Waals surface area contributed by atoms with Crippen molar-refractivity contribution in [2.24, 2.45) is 0 Å². The quantitative estimate of drug-likeness (QED) is 0.0673. The number of aryl methyl sites for hydroxylation is 1. The molecule has 0 unspecified atom stereocenters. The highest BCUT2D eigenvalue weighted by atomic mass is 32.2. The fraction of sp³-hybridized carbons (Fsp3) is 0.833. The van der Waals surface area contributed by atoms with Crippen molar-refractivity contribution >= 4 is 10.1 Å². The van der Waals surface area contributed by atoms with Gasteiger partial charge in [-0.05, 0) is 37.0 Å². The van der Waals surface area contributed by atoms with Gasteiger partial charge >= 0.3 is 0 Å². The maximum atomic E-state index is 12.5. The second-order valence-electron chi connectivity index (χ2n) is 12.2. The lowest BCUT2D eigenvalue weighted by Gasteiger charge is -2.07. The standard InChI is InChI=1S/C36H66O3S/c1-3-5-7-9-11-13-15-16-17-18-19-20-22-24-26-28-34-39-40(37,38)36-32-30-35(31-33-36)29-27-25-23-21-14-12-10-8-6-4-2/h30-33H,3-29,34H2,1-2H3. The molecule has 0 saturated carbocycles. The maximum absolute atomic E-state index is 12.5. The monoisotopic (exact) mass is 578 g/mol. The molecule has 1 rings (SSSR count). The molecular weight excluding hydrogens is 512 g/mol. The van der Waals surface area contributed by atoms with E-state index in [1.165, 1.54) is 160 Å². The molecule has 0 heterocycles. The zero-order valence-electron chi connectivity index (χ0n) is 26.7. The number of rotatable bonds is 30. The molecule has 4 heteroatoms. The fourth-order valence-corrected chi connectivity index (χ4v) is 6.47. The van der Waals surface area contributed by atoms with Gasteiger partial charge in [0.05, 0.1) is 11.5 Å². The summed E-state index contributed by atoms with van der Waals surface area (Å²) in [7, 11) is -3.64. The first-order valence-electron chi connectivity index (χ1n) is 17.6. The van der Waals surface area contributed by atoms with E-state index in [4.69, 9.17) is 4.18 Å². The predicted molar refractivity (Wildman–Crippen MR) is 175 cm³/mol. The van der Waals surface area contributed by atoms with Crippen molar-refractivity contribution < 1.29 is 12.6 Å². The van der Waals surface area contributed by atoms with E-state index in [9.17, 15) is 8.42 Å².